The Hall–Kier alpha value is -2.54. The first-order chi connectivity index (χ1) is 12.8. The molecule has 0 radical (unpaired) electrons. The SMILES string of the molecule is O=C(CCl)N[C@@H](Cc1cccc(-c2ccccc2)c1)C(=O)OCC(F)(F)F. The maximum Gasteiger partial charge on any atom is 0.422 e. The van der Waals surface area contributed by atoms with E-state index >= 15 is 0 Å². The van der Waals surface area contributed by atoms with Crippen LogP contribution in [0.3, 0.4) is 0 Å². The standard InChI is InChI=1S/C19H17ClF3NO3/c20-11-17(25)24-16(18(26)27-12-19(21,22)23)10-13-5-4-8-15(9-13)14-6-2-1-3-7-14/h1-9,16H,10-12H2,(H,24,25)/t16-/m0/s1. The molecule has 0 saturated carbocycles. The Balaban J connectivity index is 2.17. The Bertz CT molecular complexity index is 781. The van der Waals surface area contributed by atoms with E-state index in [-0.39, 0.29) is 6.42 Å². The van der Waals surface area contributed by atoms with Crippen LogP contribution in [-0.4, -0.2) is 36.6 Å². The molecule has 8 heteroatoms. The minimum Gasteiger partial charge on any atom is -0.454 e. The normalized spacial score (nSPS) is 12.3. The molecular formula is C19H17ClF3NO3. The molecule has 1 amide bonds. The van der Waals surface area contributed by atoms with Crippen LogP contribution in [0.25, 0.3) is 11.1 Å². The lowest BCUT2D eigenvalue weighted by Gasteiger charge is -2.18. The first-order valence-corrected chi connectivity index (χ1v) is 8.55. The number of carbonyl (C=O) groups excluding carboxylic acids is 2. The van der Waals surface area contributed by atoms with Gasteiger partial charge in [0.2, 0.25) is 5.91 Å². The predicted molar refractivity (Wildman–Crippen MR) is 95.2 cm³/mol. The van der Waals surface area contributed by atoms with Gasteiger partial charge in [-0.3, -0.25) is 4.79 Å². The van der Waals surface area contributed by atoms with E-state index in [1.165, 1.54) is 0 Å². The van der Waals surface area contributed by atoms with Crippen molar-refractivity contribution in [2.75, 3.05) is 12.5 Å². The van der Waals surface area contributed by atoms with Gasteiger partial charge in [0.05, 0.1) is 0 Å². The first-order valence-electron chi connectivity index (χ1n) is 8.01. The van der Waals surface area contributed by atoms with Gasteiger partial charge in [0, 0.05) is 6.42 Å². The molecule has 0 spiro atoms. The number of benzene rings is 2. The lowest BCUT2D eigenvalue weighted by atomic mass is 9.99. The zero-order valence-corrected chi connectivity index (χ0v) is 14.9. The van der Waals surface area contributed by atoms with Crippen molar-refractivity contribution in [3.8, 4) is 11.1 Å². The summed E-state index contributed by atoms with van der Waals surface area (Å²) in [5, 5.41) is 2.30. The third-order valence-corrected chi connectivity index (χ3v) is 3.84. The molecule has 0 heterocycles. The fraction of sp³-hybridized carbons (Fsp3) is 0.263. The maximum atomic E-state index is 12.3. The average molecular weight is 400 g/mol. The molecule has 4 nitrogen and oxygen atoms in total. The zero-order valence-electron chi connectivity index (χ0n) is 14.1. The van der Waals surface area contributed by atoms with E-state index in [0.29, 0.717) is 5.56 Å². The summed E-state index contributed by atoms with van der Waals surface area (Å²) < 4.78 is 41.1. The molecular weight excluding hydrogens is 383 g/mol. The van der Waals surface area contributed by atoms with E-state index < -0.39 is 36.6 Å². The smallest absolute Gasteiger partial charge is 0.422 e. The summed E-state index contributed by atoms with van der Waals surface area (Å²) in [4.78, 5) is 23.6. The molecule has 2 rings (SSSR count). The van der Waals surface area contributed by atoms with Gasteiger partial charge < -0.3 is 10.1 Å². The molecule has 0 bridgehead atoms. The third kappa shape index (κ3) is 6.94. The topological polar surface area (TPSA) is 55.4 Å². The summed E-state index contributed by atoms with van der Waals surface area (Å²) >= 11 is 5.41. The van der Waals surface area contributed by atoms with Crippen LogP contribution in [0.5, 0.6) is 0 Å². The molecule has 1 N–H and O–H groups in total. The first kappa shape index (κ1) is 20.8. The van der Waals surface area contributed by atoms with Crippen molar-refractivity contribution in [1.82, 2.24) is 5.32 Å². The maximum absolute atomic E-state index is 12.3. The van der Waals surface area contributed by atoms with E-state index in [1.54, 1.807) is 18.2 Å². The van der Waals surface area contributed by atoms with E-state index in [4.69, 9.17) is 11.6 Å². The van der Waals surface area contributed by atoms with Gasteiger partial charge in [0.25, 0.3) is 0 Å². The quantitative estimate of drug-likeness (QED) is 0.570. The lowest BCUT2D eigenvalue weighted by molar-refractivity contribution is -0.187. The van der Waals surface area contributed by atoms with Crippen LogP contribution >= 0.6 is 11.6 Å². The van der Waals surface area contributed by atoms with Gasteiger partial charge >= 0.3 is 12.1 Å². The highest BCUT2D eigenvalue weighted by molar-refractivity contribution is 6.27. The molecule has 0 saturated heterocycles. The molecule has 2 aromatic rings. The highest BCUT2D eigenvalue weighted by atomic mass is 35.5. The average Bonchev–Trinajstić information content (AvgIpc) is 2.65. The van der Waals surface area contributed by atoms with Crippen molar-refractivity contribution in [3.05, 3.63) is 60.2 Å². The third-order valence-electron chi connectivity index (χ3n) is 3.59. The molecule has 0 unspecified atom stereocenters. The van der Waals surface area contributed by atoms with Crippen LogP contribution in [0, 0.1) is 0 Å². The number of hydrogen-bond acceptors (Lipinski definition) is 3. The molecule has 0 aliphatic rings. The van der Waals surface area contributed by atoms with E-state index in [9.17, 15) is 22.8 Å². The minimum absolute atomic E-state index is 0.0278. The number of alkyl halides is 4. The van der Waals surface area contributed by atoms with Crippen LogP contribution in [0.4, 0.5) is 13.2 Å². The summed E-state index contributed by atoms with van der Waals surface area (Å²) in [6.45, 7) is -1.72. The fourth-order valence-corrected chi connectivity index (χ4v) is 2.50. The summed E-state index contributed by atoms with van der Waals surface area (Å²) in [5.74, 6) is -2.27. The Kier molecular flexibility index (Phi) is 7.24. The lowest BCUT2D eigenvalue weighted by Crippen LogP contribution is -2.44. The Morgan fingerprint density at radius 3 is 2.33 bits per heavy atom. The molecule has 2 aromatic carbocycles. The molecule has 0 aromatic heterocycles. The van der Waals surface area contributed by atoms with Crippen molar-refractivity contribution in [1.29, 1.82) is 0 Å². The molecule has 27 heavy (non-hydrogen) atoms. The van der Waals surface area contributed by atoms with Crippen molar-refractivity contribution in [2.24, 2.45) is 0 Å². The number of hydrogen-bond donors (Lipinski definition) is 1. The summed E-state index contributed by atoms with van der Waals surface area (Å²) in [5.41, 5.74) is 2.47. The molecule has 0 fully saturated rings. The highest BCUT2D eigenvalue weighted by Gasteiger charge is 2.32. The second kappa shape index (κ2) is 9.41. The monoisotopic (exact) mass is 399 g/mol. The van der Waals surface area contributed by atoms with E-state index in [2.05, 4.69) is 10.1 Å². The fourth-order valence-electron chi connectivity index (χ4n) is 2.42. The van der Waals surface area contributed by atoms with Crippen molar-refractivity contribution in [3.63, 3.8) is 0 Å². The van der Waals surface area contributed by atoms with Crippen LogP contribution in [0.1, 0.15) is 5.56 Å². The Morgan fingerprint density at radius 2 is 1.70 bits per heavy atom. The summed E-state index contributed by atoms with van der Waals surface area (Å²) in [6.07, 6.45) is -4.68. The van der Waals surface area contributed by atoms with E-state index in [0.717, 1.165) is 11.1 Å². The summed E-state index contributed by atoms with van der Waals surface area (Å²) in [6, 6.07) is 15.3. The molecule has 144 valence electrons. The number of ether oxygens (including phenoxy) is 1. The number of amides is 1. The number of rotatable bonds is 7. The summed E-state index contributed by atoms with van der Waals surface area (Å²) in [7, 11) is 0. The molecule has 0 aliphatic carbocycles. The number of halogens is 4. The van der Waals surface area contributed by atoms with Crippen LogP contribution in [-0.2, 0) is 20.7 Å². The van der Waals surface area contributed by atoms with Gasteiger partial charge in [-0.15, -0.1) is 11.6 Å². The second-order valence-electron chi connectivity index (χ2n) is 5.75. The Morgan fingerprint density at radius 1 is 1.04 bits per heavy atom. The van der Waals surface area contributed by atoms with Crippen LogP contribution < -0.4 is 5.32 Å². The van der Waals surface area contributed by atoms with Gasteiger partial charge in [-0.25, -0.2) is 4.79 Å². The predicted octanol–water partition coefficient (Wildman–Crippen LogP) is 3.73. The van der Waals surface area contributed by atoms with Gasteiger partial charge in [0.1, 0.15) is 11.9 Å². The van der Waals surface area contributed by atoms with Crippen molar-refractivity contribution in [2.45, 2.75) is 18.6 Å². The highest BCUT2D eigenvalue weighted by Crippen LogP contribution is 2.21. The number of esters is 1. The van der Waals surface area contributed by atoms with Crippen LogP contribution in [0.15, 0.2) is 54.6 Å². The Labute approximate surface area is 159 Å². The van der Waals surface area contributed by atoms with Gasteiger partial charge in [-0.2, -0.15) is 13.2 Å². The van der Waals surface area contributed by atoms with Crippen LogP contribution in [0.2, 0.25) is 0 Å². The van der Waals surface area contributed by atoms with Gasteiger partial charge in [0.15, 0.2) is 6.61 Å². The van der Waals surface area contributed by atoms with Gasteiger partial charge in [-0.1, -0.05) is 54.6 Å². The van der Waals surface area contributed by atoms with Gasteiger partial charge in [-0.05, 0) is 16.7 Å². The van der Waals surface area contributed by atoms with E-state index in [1.807, 2.05) is 36.4 Å². The molecule has 0 aliphatic heterocycles. The molecule has 1 atom stereocenters. The minimum atomic E-state index is -4.65. The zero-order chi connectivity index (χ0) is 19.9. The van der Waals surface area contributed by atoms with Crippen molar-refractivity contribution < 1.29 is 27.5 Å². The second-order valence-corrected chi connectivity index (χ2v) is 6.01. The van der Waals surface area contributed by atoms with Crippen molar-refractivity contribution >= 4 is 23.5 Å². The largest absolute Gasteiger partial charge is 0.454 e. The number of nitrogens with one attached hydrogen (secondary N) is 1. The number of carbonyl (C=O) groups is 2.